The van der Waals surface area contributed by atoms with Crippen molar-refractivity contribution in [1.29, 1.82) is 0 Å². The number of allylic oxidation sites excluding steroid dienone is 7. The maximum Gasteiger partial charge on any atom is 0.210 e. The molecule has 0 spiro atoms. The number of aliphatic hydroxyl groups is 2. The minimum atomic E-state index is -0.632. The molecule has 3 N–H and O–H groups in total. The molecule has 424 valence electrons. The van der Waals surface area contributed by atoms with Crippen LogP contribution < -0.4 is 9.64 Å². The third-order valence-corrected chi connectivity index (χ3v) is 18.0. The average Bonchev–Trinajstić information content (AvgIpc) is 3.97. The monoisotopic (exact) mass is 1090 g/mol. The molecule has 7 unspecified atom stereocenters. The number of aromatic hydroxyl groups is 1. The van der Waals surface area contributed by atoms with E-state index in [9.17, 15) is 15.3 Å². The minimum absolute atomic E-state index is 0.0305. The zero-order chi connectivity index (χ0) is 56.6. The Hall–Kier alpha value is -6.37. The first-order valence-electron chi connectivity index (χ1n) is 29.8. The number of fused-ring (bicyclic) bond motifs is 6. The second-order valence-electron chi connectivity index (χ2n) is 24.5. The molecule has 0 aromatic heterocycles. The van der Waals surface area contributed by atoms with Gasteiger partial charge >= 0.3 is 0 Å². The van der Waals surface area contributed by atoms with E-state index in [0.29, 0.717) is 25.7 Å². The van der Waals surface area contributed by atoms with Crippen molar-refractivity contribution in [2.24, 2.45) is 0 Å². The molecule has 4 aliphatic heterocycles. The van der Waals surface area contributed by atoms with Crippen molar-refractivity contribution in [2.45, 2.75) is 179 Å². The third kappa shape index (κ3) is 11.8. The SMILES string of the molecule is CCC(O)CC1CC(CCC2CC(CCC[C@H](C)O)OC(c3ccc(O)cc3)O2)OC(c2ccc(OC3=C(/C=C/C4=[N+](C)c5ccc6ccccc6c5C4(C)C)CCC/C3=C\C=C3\N(C)c4ccc5ccccc5c4C3(C)C)cc2)O1. The van der Waals surface area contributed by atoms with Gasteiger partial charge in [0.1, 0.15) is 24.3 Å². The highest BCUT2D eigenvalue weighted by atomic mass is 16.7. The van der Waals surface area contributed by atoms with E-state index in [4.69, 9.17) is 23.7 Å². The molecule has 0 saturated carbocycles. The van der Waals surface area contributed by atoms with E-state index in [1.807, 2.05) is 38.1 Å². The highest BCUT2D eigenvalue weighted by Crippen LogP contribution is 2.51. The van der Waals surface area contributed by atoms with Crippen LogP contribution in [0.3, 0.4) is 0 Å². The molecule has 81 heavy (non-hydrogen) atoms. The Balaban J connectivity index is 0.872. The number of hydrogen-bond donors (Lipinski definition) is 3. The van der Waals surface area contributed by atoms with Crippen molar-refractivity contribution in [3.63, 3.8) is 0 Å². The van der Waals surface area contributed by atoms with Crippen LogP contribution in [0.5, 0.6) is 11.5 Å². The fourth-order valence-corrected chi connectivity index (χ4v) is 13.6. The number of anilines is 1. The number of likely N-dealkylation sites (N-methyl/N-ethyl adjacent to an activating group) is 1. The van der Waals surface area contributed by atoms with Crippen LogP contribution in [0.4, 0.5) is 11.4 Å². The van der Waals surface area contributed by atoms with Crippen LogP contribution in [0, 0.1) is 0 Å². The fourth-order valence-electron chi connectivity index (χ4n) is 13.6. The molecular formula is C71H83N2O8+. The number of phenolic OH excluding ortho intramolecular Hbond substituents is 1. The average molecular weight is 1090 g/mol. The van der Waals surface area contributed by atoms with E-state index in [1.54, 1.807) is 12.1 Å². The van der Waals surface area contributed by atoms with E-state index >= 15 is 0 Å². The van der Waals surface area contributed by atoms with Crippen molar-refractivity contribution in [3.8, 4) is 11.5 Å². The second kappa shape index (κ2) is 23.8. The molecule has 2 fully saturated rings. The minimum Gasteiger partial charge on any atom is -0.508 e. The molecule has 5 aliphatic rings. The lowest BCUT2D eigenvalue weighted by Gasteiger charge is -2.39. The maximum atomic E-state index is 10.9. The summed E-state index contributed by atoms with van der Waals surface area (Å²) in [4.78, 5) is 2.36. The number of ether oxygens (including phenoxy) is 5. The van der Waals surface area contributed by atoms with Crippen molar-refractivity contribution in [2.75, 3.05) is 19.0 Å². The topological polar surface area (TPSA) is 113 Å². The summed E-state index contributed by atoms with van der Waals surface area (Å²) in [6.45, 7) is 13.2. The Labute approximate surface area is 479 Å². The lowest BCUT2D eigenvalue weighted by atomic mass is 9.78. The first-order chi connectivity index (χ1) is 39.0. The molecule has 10 nitrogen and oxygen atoms in total. The number of aliphatic hydroxyl groups excluding tert-OH is 2. The smallest absolute Gasteiger partial charge is 0.210 e. The molecule has 10 heteroatoms. The Morgan fingerprint density at radius 1 is 0.679 bits per heavy atom. The van der Waals surface area contributed by atoms with E-state index in [-0.39, 0.29) is 47.1 Å². The number of benzene rings is 6. The van der Waals surface area contributed by atoms with Gasteiger partial charge in [0.2, 0.25) is 5.69 Å². The zero-order valence-corrected chi connectivity index (χ0v) is 48.7. The Morgan fingerprint density at radius 3 is 1.93 bits per heavy atom. The van der Waals surface area contributed by atoms with Crippen LogP contribution >= 0.6 is 0 Å². The summed E-state index contributed by atoms with van der Waals surface area (Å²) in [6.07, 6.45) is 16.0. The van der Waals surface area contributed by atoms with Crippen molar-refractivity contribution >= 4 is 38.6 Å². The summed E-state index contributed by atoms with van der Waals surface area (Å²) < 4.78 is 36.2. The van der Waals surface area contributed by atoms with Crippen molar-refractivity contribution in [3.05, 3.63) is 190 Å². The highest BCUT2D eigenvalue weighted by molar-refractivity contribution is 6.07. The van der Waals surface area contributed by atoms with Gasteiger partial charge < -0.3 is 43.9 Å². The molecule has 2 saturated heterocycles. The third-order valence-electron chi connectivity index (χ3n) is 18.0. The fraction of sp³-hybridized carbons (Fsp3) is 0.423. The van der Waals surface area contributed by atoms with Gasteiger partial charge in [0.15, 0.2) is 18.3 Å². The van der Waals surface area contributed by atoms with Gasteiger partial charge in [-0.15, -0.1) is 0 Å². The summed E-state index contributed by atoms with van der Waals surface area (Å²) in [7, 11) is 4.39. The molecule has 4 heterocycles. The van der Waals surface area contributed by atoms with Gasteiger partial charge in [0.05, 0.1) is 42.0 Å². The summed E-state index contributed by atoms with van der Waals surface area (Å²) >= 11 is 0. The van der Waals surface area contributed by atoms with Crippen LogP contribution in [0.2, 0.25) is 0 Å². The summed E-state index contributed by atoms with van der Waals surface area (Å²) in [5, 5.41) is 36.0. The van der Waals surface area contributed by atoms with Crippen LogP contribution in [0.15, 0.2) is 168 Å². The van der Waals surface area contributed by atoms with Crippen molar-refractivity contribution < 1.29 is 43.6 Å². The van der Waals surface area contributed by atoms with Crippen LogP contribution in [-0.2, 0) is 29.8 Å². The van der Waals surface area contributed by atoms with Gasteiger partial charge in [-0.05, 0) is 172 Å². The maximum absolute atomic E-state index is 10.9. The Bertz CT molecular complexity index is 3400. The lowest BCUT2D eigenvalue weighted by molar-refractivity contribution is -0.401. The quantitative estimate of drug-likeness (QED) is 0.0769. The lowest BCUT2D eigenvalue weighted by Crippen LogP contribution is -2.38. The van der Waals surface area contributed by atoms with E-state index in [0.717, 1.165) is 85.1 Å². The molecule has 0 amide bonds. The molecule has 0 bridgehead atoms. The number of phenols is 1. The van der Waals surface area contributed by atoms with E-state index in [2.05, 4.69) is 160 Å². The normalized spacial score (nSPS) is 25.3. The van der Waals surface area contributed by atoms with Gasteiger partial charge in [0.25, 0.3) is 0 Å². The predicted octanol–water partition coefficient (Wildman–Crippen LogP) is 15.6. The van der Waals surface area contributed by atoms with Gasteiger partial charge in [-0.2, -0.15) is 4.58 Å². The summed E-state index contributed by atoms with van der Waals surface area (Å²) in [6, 6.07) is 41.7. The molecule has 1 aliphatic carbocycles. The predicted molar refractivity (Wildman–Crippen MR) is 324 cm³/mol. The van der Waals surface area contributed by atoms with Crippen LogP contribution in [0.1, 0.15) is 153 Å². The second-order valence-corrected chi connectivity index (χ2v) is 24.5. The van der Waals surface area contributed by atoms with Crippen LogP contribution in [-0.4, -0.2) is 76.3 Å². The number of nitrogens with zero attached hydrogens (tertiary/aromatic N) is 2. The standard InChI is InChI=1S/C71H82N2O8/c1-9-52(75)42-58-44-57(37-36-56-43-55(21-14-16-45(2)74)78-68(79-56)50-24-32-53(76)33-25-50)80-69(81-58)51-26-34-54(35-27-51)77-67-48(30-40-63-70(3,4)65-59-22-12-10-17-46(59)28-38-61(65)72(63)7)19-15-20-49(67)31-41-64-71(5,6)66-60-23-13-11-18-47(60)29-39-62(66)73(64)8/h10-13,17-18,22-35,38-41,45,52,55-58,68-69,74-75H,9,14-16,19-21,36-37,42-44H2,1-8H3/p+1/t45-,52?,55?,56?,57?,58?,68?,69?/m0/s1. The largest absolute Gasteiger partial charge is 0.508 e. The van der Waals surface area contributed by atoms with Gasteiger partial charge in [0, 0.05) is 65.5 Å². The molecule has 8 atom stereocenters. The van der Waals surface area contributed by atoms with Gasteiger partial charge in [-0.25, -0.2) is 0 Å². The number of rotatable bonds is 17. The summed E-state index contributed by atoms with van der Waals surface area (Å²) in [5.41, 5.74) is 11.3. The van der Waals surface area contributed by atoms with Crippen molar-refractivity contribution in [1.82, 2.24) is 0 Å². The van der Waals surface area contributed by atoms with E-state index < -0.39 is 18.7 Å². The molecule has 11 rings (SSSR count). The summed E-state index contributed by atoms with van der Waals surface area (Å²) in [5.74, 6) is 1.81. The van der Waals surface area contributed by atoms with Crippen LogP contribution in [0.25, 0.3) is 21.5 Å². The molecule has 0 radical (unpaired) electrons. The number of hydrogen-bond acceptors (Lipinski definition) is 9. The highest BCUT2D eigenvalue weighted by Gasteiger charge is 2.45. The molecule has 6 aromatic carbocycles. The molecular weight excluding hydrogens is 1010 g/mol. The first kappa shape index (κ1) is 56.5. The zero-order valence-electron chi connectivity index (χ0n) is 48.7. The van der Waals surface area contributed by atoms with Gasteiger partial charge in [-0.1, -0.05) is 106 Å². The molecule has 6 aromatic rings. The van der Waals surface area contributed by atoms with Gasteiger partial charge in [-0.3, -0.25) is 0 Å². The Morgan fingerprint density at radius 2 is 1.27 bits per heavy atom. The van der Waals surface area contributed by atoms with E-state index in [1.165, 1.54) is 55.5 Å². The Kier molecular flexibility index (Phi) is 16.6. The first-order valence-corrected chi connectivity index (χ1v) is 29.8.